The molecular weight excluding hydrogens is 180 g/mol. The third-order valence-electron chi connectivity index (χ3n) is 1.57. The van der Waals surface area contributed by atoms with Crippen molar-refractivity contribution in [2.75, 3.05) is 0 Å². The molecule has 0 aromatic heterocycles. The van der Waals surface area contributed by atoms with Crippen LogP contribution in [0.25, 0.3) is 0 Å². The molecule has 0 bridgehead atoms. The Labute approximate surface area is 63.9 Å². The van der Waals surface area contributed by atoms with Crippen LogP contribution in [-0.2, 0) is 0 Å². The molecule has 2 heteroatoms. The lowest BCUT2D eigenvalue weighted by Crippen LogP contribution is -2.09. The molecule has 1 nitrogen and oxygen atoms in total. The molecule has 0 radical (unpaired) electrons. The highest BCUT2D eigenvalue weighted by molar-refractivity contribution is 9.11. The van der Waals surface area contributed by atoms with Crippen molar-refractivity contribution in [1.29, 1.82) is 0 Å². The van der Waals surface area contributed by atoms with Gasteiger partial charge in [-0.3, -0.25) is 0 Å². The molecule has 1 aliphatic rings. The van der Waals surface area contributed by atoms with E-state index in [2.05, 4.69) is 35.9 Å². The molecule has 1 N–H and O–H groups in total. The molecule has 0 saturated carbocycles. The van der Waals surface area contributed by atoms with Crippen molar-refractivity contribution < 1.29 is 5.11 Å². The van der Waals surface area contributed by atoms with Crippen molar-refractivity contribution in [1.82, 2.24) is 0 Å². The largest absolute Gasteiger partial charge is 0.388 e. The van der Waals surface area contributed by atoms with Crippen molar-refractivity contribution >= 4 is 15.9 Å². The summed E-state index contributed by atoms with van der Waals surface area (Å²) in [5.41, 5.74) is 0.179. The van der Waals surface area contributed by atoms with Gasteiger partial charge in [-0.25, -0.2) is 0 Å². The maximum Gasteiger partial charge on any atom is 0.0859 e. The van der Waals surface area contributed by atoms with Crippen LogP contribution in [0.4, 0.5) is 0 Å². The first kappa shape index (κ1) is 7.29. The molecule has 0 amide bonds. The summed E-state index contributed by atoms with van der Waals surface area (Å²) >= 11 is 3.29. The van der Waals surface area contributed by atoms with Gasteiger partial charge in [0.2, 0.25) is 0 Å². The van der Waals surface area contributed by atoms with Crippen LogP contribution >= 0.6 is 15.9 Å². The molecule has 1 rings (SSSR count). The van der Waals surface area contributed by atoms with Crippen LogP contribution in [0.3, 0.4) is 0 Å². The first-order chi connectivity index (χ1) is 4.01. The lowest BCUT2D eigenvalue weighted by atomic mass is 9.93. The van der Waals surface area contributed by atoms with E-state index in [4.69, 9.17) is 0 Å². The molecule has 0 aromatic rings. The number of hydrogen-bond donors (Lipinski definition) is 1. The average Bonchev–Trinajstić information content (AvgIpc) is 1.79. The molecule has 1 atom stereocenters. The summed E-state index contributed by atoms with van der Waals surface area (Å²) in [7, 11) is 0. The smallest absolute Gasteiger partial charge is 0.0859 e. The van der Waals surface area contributed by atoms with E-state index in [9.17, 15) is 5.11 Å². The minimum absolute atomic E-state index is 0.179. The molecular formula is C7H11BrO. The summed E-state index contributed by atoms with van der Waals surface area (Å²) in [4.78, 5) is 0. The Morgan fingerprint density at radius 3 is 2.44 bits per heavy atom. The van der Waals surface area contributed by atoms with Crippen molar-refractivity contribution in [3.63, 3.8) is 0 Å². The summed E-state index contributed by atoms with van der Waals surface area (Å²) in [6, 6.07) is 0. The van der Waals surface area contributed by atoms with Gasteiger partial charge in [-0.15, -0.1) is 0 Å². The fourth-order valence-corrected chi connectivity index (χ4v) is 1.91. The van der Waals surface area contributed by atoms with Crippen molar-refractivity contribution in [3.05, 3.63) is 10.6 Å². The van der Waals surface area contributed by atoms with Gasteiger partial charge in [-0.05, 0) is 11.8 Å². The molecule has 0 heterocycles. The maximum atomic E-state index is 9.22. The molecule has 1 aliphatic carbocycles. The summed E-state index contributed by atoms with van der Waals surface area (Å²) in [5, 5.41) is 9.22. The fourth-order valence-electron chi connectivity index (χ4n) is 1.12. The van der Waals surface area contributed by atoms with E-state index in [1.165, 1.54) is 0 Å². The van der Waals surface area contributed by atoms with Gasteiger partial charge in [0.05, 0.1) is 6.10 Å². The normalized spacial score (nSPS) is 32.4. The lowest BCUT2D eigenvalue weighted by molar-refractivity contribution is 0.190. The van der Waals surface area contributed by atoms with Crippen LogP contribution in [0.15, 0.2) is 10.6 Å². The molecule has 0 fully saturated rings. The van der Waals surface area contributed by atoms with E-state index >= 15 is 0 Å². The van der Waals surface area contributed by atoms with Gasteiger partial charge in [0.25, 0.3) is 0 Å². The Morgan fingerprint density at radius 2 is 2.33 bits per heavy atom. The Balaban J connectivity index is 2.74. The minimum atomic E-state index is -0.264. The number of allylic oxidation sites excluding steroid dienone is 1. The Kier molecular flexibility index (Phi) is 1.70. The Bertz CT molecular complexity index is 149. The number of aliphatic hydroxyl groups excluding tert-OH is 1. The summed E-state index contributed by atoms with van der Waals surface area (Å²) in [6.45, 7) is 4.23. The zero-order chi connectivity index (χ0) is 7.07. The van der Waals surface area contributed by atoms with Crippen molar-refractivity contribution in [2.45, 2.75) is 26.4 Å². The van der Waals surface area contributed by atoms with Gasteiger partial charge in [0.15, 0.2) is 0 Å². The molecule has 0 spiro atoms. The second-order valence-electron chi connectivity index (χ2n) is 3.24. The first-order valence-corrected chi connectivity index (χ1v) is 3.87. The van der Waals surface area contributed by atoms with Crippen LogP contribution < -0.4 is 0 Å². The van der Waals surface area contributed by atoms with Gasteiger partial charge in [0, 0.05) is 4.48 Å². The van der Waals surface area contributed by atoms with E-state index in [0.717, 1.165) is 10.9 Å². The van der Waals surface area contributed by atoms with Crippen LogP contribution in [0.2, 0.25) is 0 Å². The number of rotatable bonds is 0. The fraction of sp³-hybridized carbons (Fsp3) is 0.714. The Hall–Kier alpha value is 0.180. The van der Waals surface area contributed by atoms with Gasteiger partial charge >= 0.3 is 0 Å². The highest BCUT2D eigenvalue weighted by Gasteiger charge is 2.28. The quantitative estimate of drug-likeness (QED) is 0.621. The van der Waals surface area contributed by atoms with Gasteiger partial charge in [0.1, 0.15) is 0 Å². The standard InChI is InChI=1S/C7H11BrO/c1-7(2)3-5(8)6(9)4-7/h3,6,9H,4H2,1-2H3. The summed E-state index contributed by atoms with van der Waals surface area (Å²) in [5.74, 6) is 0. The third kappa shape index (κ3) is 1.55. The lowest BCUT2D eigenvalue weighted by Gasteiger charge is -2.13. The van der Waals surface area contributed by atoms with E-state index in [1.54, 1.807) is 0 Å². The number of hydrogen-bond acceptors (Lipinski definition) is 1. The summed E-state index contributed by atoms with van der Waals surface area (Å²) in [6.07, 6.45) is 2.64. The zero-order valence-corrected chi connectivity index (χ0v) is 7.27. The SMILES string of the molecule is CC1(C)C=C(Br)C(O)C1. The Morgan fingerprint density at radius 1 is 1.78 bits per heavy atom. The van der Waals surface area contributed by atoms with E-state index in [1.807, 2.05) is 0 Å². The number of aliphatic hydroxyl groups is 1. The van der Waals surface area contributed by atoms with Crippen molar-refractivity contribution in [3.8, 4) is 0 Å². The van der Waals surface area contributed by atoms with Crippen LogP contribution in [0.5, 0.6) is 0 Å². The zero-order valence-electron chi connectivity index (χ0n) is 5.69. The van der Waals surface area contributed by atoms with Crippen LogP contribution in [0, 0.1) is 5.41 Å². The first-order valence-electron chi connectivity index (χ1n) is 3.08. The van der Waals surface area contributed by atoms with Gasteiger partial charge < -0.3 is 5.11 Å². The monoisotopic (exact) mass is 190 g/mol. The van der Waals surface area contributed by atoms with Crippen LogP contribution in [-0.4, -0.2) is 11.2 Å². The van der Waals surface area contributed by atoms with Gasteiger partial charge in [-0.1, -0.05) is 35.9 Å². The average molecular weight is 191 g/mol. The molecule has 0 aromatic carbocycles. The molecule has 0 saturated heterocycles. The van der Waals surface area contributed by atoms with E-state index in [-0.39, 0.29) is 11.5 Å². The minimum Gasteiger partial charge on any atom is -0.388 e. The molecule has 9 heavy (non-hydrogen) atoms. The van der Waals surface area contributed by atoms with Gasteiger partial charge in [-0.2, -0.15) is 0 Å². The predicted molar refractivity (Wildman–Crippen MR) is 41.4 cm³/mol. The molecule has 0 aliphatic heterocycles. The number of halogens is 1. The van der Waals surface area contributed by atoms with Crippen LogP contribution in [0.1, 0.15) is 20.3 Å². The molecule has 52 valence electrons. The second kappa shape index (κ2) is 2.10. The van der Waals surface area contributed by atoms with E-state index in [0.29, 0.717) is 0 Å². The molecule has 1 unspecified atom stereocenters. The predicted octanol–water partition coefficient (Wildman–Crippen LogP) is 2.06. The van der Waals surface area contributed by atoms with E-state index < -0.39 is 0 Å². The second-order valence-corrected chi connectivity index (χ2v) is 4.15. The third-order valence-corrected chi connectivity index (χ3v) is 2.32. The van der Waals surface area contributed by atoms with Crippen molar-refractivity contribution in [2.24, 2.45) is 5.41 Å². The summed E-state index contributed by atoms with van der Waals surface area (Å²) < 4.78 is 0.938. The highest BCUT2D eigenvalue weighted by atomic mass is 79.9. The highest BCUT2D eigenvalue weighted by Crippen LogP contribution is 2.37. The maximum absolute atomic E-state index is 9.22. The topological polar surface area (TPSA) is 20.2 Å².